The Morgan fingerprint density at radius 3 is 2.67 bits per heavy atom. The highest BCUT2D eigenvalue weighted by molar-refractivity contribution is 5.77. The zero-order valence-electron chi connectivity index (χ0n) is 18.6. The minimum absolute atomic E-state index is 0.131. The summed E-state index contributed by atoms with van der Waals surface area (Å²) in [6, 6.07) is 8.75. The van der Waals surface area contributed by atoms with Crippen molar-refractivity contribution in [3.05, 3.63) is 51.9 Å². The predicted octanol–water partition coefficient (Wildman–Crippen LogP) is 5.51. The van der Waals surface area contributed by atoms with Crippen molar-refractivity contribution in [1.82, 2.24) is 0 Å². The molecule has 2 aromatic rings. The van der Waals surface area contributed by atoms with Gasteiger partial charge in [0.2, 0.25) is 0 Å². The van der Waals surface area contributed by atoms with E-state index in [2.05, 4.69) is 27.7 Å². The van der Waals surface area contributed by atoms with Crippen molar-refractivity contribution >= 4 is 16.9 Å². The number of methoxy groups -OCH3 is 1. The van der Waals surface area contributed by atoms with E-state index in [4.69, 9.17) is 13.9 Å². The molecule has 30 heavy (non-hydrogen) atoms. The molecule has 162 valence electrons. The van der Waals surface area contributed by atoms with Gasteiger partial charge in [-0.15, -0.1) is 0 Å². The normalized spacial score (nSPS) is 24.0. The van der Waals surface area contributed by atoms with Gasteiger partial charge in [0.1, 0.15) is 11.3 Å². The Hall–Kier alpha value is -2.56. The van der Waals surface area contributed by atoms with Gasteiger partial charge in [-0.3, -0.25) is 4.79 Å². The van der Waals surface area contributed by atoms with Gasteiger partial charge < -0.3 is 13.9 Å². The van der Waals surface area contributed by atoms with E-state index in [1.807, 2.05) is 12.1 Å². The summed E-state index contributed by atoms with van der Waals surface area (Å²) in [6.45, 7) is 9.39. The standard InChI is InChI=1S/C25H32O5/c1-16(2)20-10-6-17(3)21(25(20,4)13-12-23(26)28-5)15-29-19-9-7-18-8-11-24(27)30-22(18)14-19/h7-9,11,14,17,21H,6,10,12-13,15H2,1-5H3/t17-,21+,25+/m0/s1. The molecule has 3 atom stereocenters. The second-order valence-corrected chi connectivity index (χ2v) is 8.86. The highest BCUT2D eigenvalue weighted by Gasteiger charge is 2.44. The summed E-state index contributed by atoms with van der Waals surface area (Å²) in [7, 11) is 1.44. The van der Waals surface area contributed by atoms with Crippen molar-refractivity contribution in [2.24, 2.45) is 17.3 Å². The Balaban J connectivity index is 1.85. The number of hydrogen-bond donors (Lipinski definition) is 0. The van der Waals surface area contributed by atoms with Crippen molar-refractivity contribution in [2.75, 3.05) is 13.7 Å². The van der Waals surface area contributed by atoms with Crippen LogP contribution >= 0.6 is 0 Å². The first-order valence-corrected chi connectivity index (χ1v) is 10.6. The summed E-state index contributed by atoms with van der Waals surface area (Å²) in [5.41, 5.74) is 2.78. The van der Waals surface area contributed by atoms with Crippen LogP contribution in [0, 0.1) is 17.3 Å². The van der Waals surface area contributed by atoms with E-state index in [1.54, 1.807) is 12.1 Å². The molecule has 0 bridgehead atoms. The molecule has 5 nitrogen and oxygen atoms in total. The van der Waals surface area contributed by atoms with Crippen LogP contribution in [0.25, 0.3) is 11.0 Å². The molecule has 0 N–H and O–H groups in total. The van der Waals surface area contributed by atoms with Crippen LogP contribution in [-0.4, -0.2) is 19.7 Å². The van der Waals surface area contributed by atoms with Crippen molar-refractivity contribution < 1.29 is 18.7 Å². The zero-order chi connectivity index (χ0) is 21.9. The number of esters is 1. The molecular formula is C25H32O5. The van der Waals surface area contributed by atoms with Crippen molar-refractivity contribution in [3.8, 4) is 5.75 Å². The van der Waals surface area contributed by atoms with Crippen LogP contribution in [-0.2, 0) is 9.53 Å². The van der Waals surface area contributed by atoms with E-state index in [-0.39, 0.29) is 22.9 Å². The number of fused-ring (bicyclic) bond motifs is 1. The fourth-order valence-corrected chi connectivity index (χ4v) is 5.00. The van der Waals surface area contributed by atoms with Crippen LogP contribution < -0.4 is 10.4 Å². The summed E-state index contributed by atoms with van der Waals surface area (Å²) in [6.07, 6.45) is 3.30. The third-order valence-electron chi connectivity index (χ3n) is 6.75. The van der Waals surface area contributed by atoms with Gasteiger partial charge in [-0.05, 0) is 62.6 Å². The minimum atomic E-state index is -0.371. The summed E-state index contributed by atoms with van der Waals surface area (Å²) < 4.78 is 16.4. The number of ether oxygens (including phenoxy) is 2. The van der Waals surface area contributed by atoms with Crippen LogP contribution in [0.3, 0.4) is 0 Å². The van der Waals surface area contributed by atoms with Gasteiger partial charge in [-0.1, -0.05) is 25.0 Å². The molecule has 1 heterocycles. The average molecular weight is 413 g/mol. The lowest BCUT2D eigenvalue weighted by molar-refractivity contribution is -0.141. The fraction of sp³-hybridized carbons (Fsp3) is 0.520. The van der Waals surface area contributed by atoms with E-state index >= 15 is 0 Å². The van der Waals surface area contributed by atoms with Crippen LogP contribution in [0.4, 0.5) is 0 Å². The molecular weight excluding hydrogens is 380 g/mol. The lowest BCUT2D eigenvalue weighted by atomic mass is 9.58. The second-order valence-electron chi connectivity index (χ2n) is 8.86. The number of rotatable bonds is 6. The van der Waals surface area contributed by atoms with Gasteiger partial charge in [-0.2, -0.15) is 0 Å². The maximum absolute atomic E-state index is 11.9. The molecule has 1 aliphatic rings. The number of allylic oxidation sites excluding steroid dienone is 2. The molecule has 3 rings (SSSR count). The summed E-state index contributed by atoms with van der Waals surface area (Å²) in [5.74, 6) is 1.24. The van der Waals surface area contributed by atoms with Gasteiger partial charge in [0, 0.05) is 29.9 Å². The van der Waals surface area contributed by atoms with Crippen LogP contribution in [0.1, 0.15) is 53.4 Å². The molecule has 1 fully saturated rings. The smallest absolute Gasteiger partial charge is 0.336 e. The van der Waals surface area contributed by atoms with Crippen LogP contribution in [0.15, 0.2) is 50.7 Å². The molecule has 0 saturated heterocycles. The van der Waals surface area contributed by atoms with E-state index in [0.29, 0.717) is 30.3 Å². The molecule has 0 aliphatic heterocycles. The number of carbonyl (C=O) groups excluding carboxylic acids is 1. The number of hydrogen-bond acceptors (Lipinski definition) is 5. The SMILES string of the molecule is COC(=O)CC[C@]1(C)C(=C(C)C)CC[C@H](C)[C@H]1COc1ccc2ccc(=O)oc2c1. The monoisotopic (exact) mass is 412 g/mol. The number of carbonyl (C=O) groups is 1. The molecule has 1 aromatic heterocycles. The molecule has 5 heteroatoms. The summed E-state index contributed by atoms with van der Waals surface area (Å²) in [5, 5.41) is 0.864. The predicted molar refractivity (Wildman–Crippen MR) is 118 cm³/mol. The topological polar surface area (TPSA) is 65.7 Å². The summed E-state index contributed by atoms with van der Waals surface area (Å²) in [4.78, 5) is 23.4. The molecule has 0 unspecified atom stereocenters. The van der Waals surface area contributed by atoms with E-state index < -0.39 is 0 Å². The fourth-order valence-electron chi connectivity index (χ4n) is 5.00. The van der Waals surface area contributed by atoms with Gasteiger partial charge in [0.15, 0.2) is 0 Å². The third kappa shape index (κ3) is 4.61. The molecule has 1 aromatic carbocycles. The average Bonchev–Trinajstić information content (AvgIpc) is 2.71. The Morgan fingerprint density at radius 2 is 1.97 bits per heavy atom. The van der Waals surface area contributed by atoms with E-state index in [9.17, 15) is 9.59 Å². The summed E-state index contributed by atoms with van der Waals surface area (Å²) >= 11 is 0. The van der Waals surface area contributed by atoms with E-state index in [0.717, 1.165) is 24.6 Å². The first-order valence-electron chi connectivity index (χ1n) is 10.6. The quantitative estimate of drug-likeness (QED) is 0.355. The van der Waals surface area contributed by atoms with Gasteiger partial charge in [0.25, 0.3) is 0 Å². The maximum Gasteiger partial charge on any atom is 0.336 e. The molecule has 1 saturated carbocycles. The van der Waals surface area contributed by atoms with Crippen LogP contribution in [0.5, 0.6) is 5.75 Å². The Bertz CT molecular complexity index is 998. The maximum atomic E-state index is 11.9. The molecule has 0 radical (unpaired) electrons. The Kier molecular flexibility index (Phi) is 6.69. The second kappa shape index (κ2) is 9.07. The van der Waals surface area contributed by atoms with E-state index in [1.165, 1.54) is 24.3 Å². The molecule has 1 aliphatic carbocycles. The van der Waals surface area contributed by atoms with Gasteiger partial charge >= 0.3 is 11.6 Å². The van der Waals surface area contributed by atoms with Crippen LogP contribution in [0.2, 0.25) is 0 Å². The van der Waals surface area contributed by atoms with Crippen molar-refractivity contribution in [1.29, 1.82) is 0 Å². The van der Waals surface area contributed by atoms with Crippen molar-refractivity contribution in [3.63, 3.8) is 0 Å². The lowest BCUT2D eigenvalue weighted by Crippen LogP contribution is -2.42. The minimum Gasteiger partial charge on any atom is -0.493 e. The number of benzene rings is 1. The Morgan fingerprint density at radius 1 is 1.23 bits per heavy atom. The first-order chi connectivity index (χ1) is 14.2. The zero-order valence-corrected chi connectivity index (χ0v) is 18.6. The van der Waals surface area contributed by atoms with Crippen molar-refractivity contribution in [2.45, 2.75) is 53.4 Å². The molecule has 0 amide bonds. The largest absolute Gasteiger partial charge is 0.493 e. The Labute approximate surface area is 178 Å². The highest BCUT2D eigenvalue weighted by Crippen LogP contribution is 2.52. The van der Waals surface area contributed by atoms with Gasteiger partial charge in [0.05, 0.1) is 13.7 Å². The van der Waals surface area contributed by atoms with Gasteiger partial charge in [-0.25, -0.2) is 4.79 Å². The molecule has 0 spiro atoms. The highest BCUT2D eigenvalue weighted by atomic mass is 16.5. The lowest BCUT2D eigenvalue weighted by Gasteiger charge is -2.48. The third-order valence-corrected chi connectivity index (χ3v) is 6.75. The first kappa shape index (κ1) is 22.1.